The number of aromatic nitrogens is 5. The molecule has 0 radical (unpaired) electrons. The second-order valence-electron chi connectivity index (χ2n) is 5.85. The number of hydrogen-bond acceptors (Lipinski definition) is 5. The summed E-state index contributed by atoms with van der Waals surface area (Å²) in [5.74, 6) is 0.344. The summed E-state index contributed by atoms with van der Waals surface area (Å²) < 4.78 is 1.30. The number of carbonyl (C=O) groups excluding carboxylic acids is 1. The zero-order valence-corrected chi connectivity index (χ0v) is 12.9. The lowest BCUT2D eigenvalue weighted by molar-refractivity contribution is 0.0972. The third-order valence-corrected chi connectivity index (χ3v) is 4.12. The number of Topliss-reactive ketones (excluding diaryl/α,β-unsaturated/α-hetero) is 1. The lowest BCUT2D eigenvalue weighted by Gasteiger charge is -2.13. The molecule has 1 aliphatic rings. The van der Waals surface area contributed by atoms with Crippen LogP contribution in [-0.4, -0.2) is 30.5 Å². The summed E-state index contributed by atoms with van der Waals surface area (Å²) in [7, 11) is 0. The molecule has 1 N–H and O–H groups in total. The molecule has 0 aromatic carbocycles. The topological polar surface area (TPSA) is 93.5 Å². The van der Waals surface area contributed by atoms with Gasteiger partial charge in [-0.1, -0.05) is 0 Å². The van der Waals surface area contributed by atoms with Crippen molar-refractivity contribution in [3.05, 3.63) is 45.1 Å². The summed E-state index contributed by atoms with van der Waals surface area (Å²) in [5, 5.41) is 3.43. The highest BCUT2D eigenvalue weighted by molar-refractivity contribution is 6.02. The first-order chi connectivity index (χ1) is 11.0. The zero-order valence-electron chi connectivity index (χ0n) is 12.9. The molecule has 0 amide bonds. The number of nitrogens with zero attached hydrogens (tertiary/aromatic N) is 4. The molecule has 0 saturated heterocycles. The summed E-state index contributed by atoms with van der Waals surface area (Å²) in [4.78, 5) is 37.7. The highest BCUT2D eigenvalue weighted by Gasteiger charge is 2.24. The van der Waals surface area contributed by atoms with E-state index in [2.05, 4.69) is 20.1 Å². The molecule has 23 heavy (non-hydrogen) atoms. The number of pyridine rings is 1. The Hall–Kier alpha value is -2.83. The largest absolute Gasteiger partial charge is 0.294 e. The highest BCUT2D eigenvalue weighted by Crippen LogP contribution is 2.25. The van der Waals surface area contributed by atoms with E-state index in [-0.39, 0.29) is 11.3 Å². The van der Waals surface area contributed by atoms with E-state index in [9.17, 15) is 9.59 Å². The van der Waals surface area contributed by atoms with E-state index < -0.39 is 0 Å². The van der Waals surface area contributed by atoms with Crippen LogP contribution in [-0.2, 0) is 6.42 Å². The van der Waals surface area contributed by atoms with Gasteiger partial charge in [-0.2, -0.15) is 4.68 Å². The normalized spacial score (nSPS) is 14.3. The van der Waals surface area contributed by atoms with Gasteiger partial charge in [0.2, 0.25) is 0 Å². The number of aryl methyl sites for hydroxylation is 3. The van der Waals surface area contributed by atoms with Crippen molar-refractivity contribution in [2.45, 2.75) is 33.1 Å². The van der Waals surface area contributed by atoms with Crippen molar-refractivity contribution in [3.63, 3.8) is 0 Å². The van der Waals surface area contributed by atoms with Gasteiger partial charge in [-0.15, -0.1) is 0 Å². The summed E-state index contributed by atoms with van der Waals surface area (Å²) in [6, 6.07) is 1.84. The number of rotatable bonds is 1. The van der Waals surface area contributed by atoms with Crippen LogP contribution in [0.15, 0.2) is 17.1 Å². The molecule has 3 aromatic rings. The number of H-pyrrole nitrogens is 1. The second-order valence-corrected chi connectivity index (χ2v) is 5.85. The Labute approximate surface area is 131 Å². The summed E-state index contributed by atoms with van der Waals surface area (Å²) in [6.07, 6.45) is 3.54. The molecule has 3 heterocycles. The molecule has 0 bridgehead atoms. The maximum atomic E-state index is 12.8. The van der Waals surface area contributed by atoms with Gasteiger partial charge >= 0.3 is 0 Å². The molecule has 1 aliphatic carbocycles. The Bertz CT molecular complexity index is 995. The first kappa shape index (κ1) is 13.8. The van der Waals surface area contributed by atoms with Crippen LogP contribution in [0.3, 0.4) is 0 Å². The van der Waals surface area contributed by atoms with Crippen molar-refractivity contribution < 1.29 is 4.79 Å². The maximum Gasteiger partial charge on any atom is 0.283 e. The van der Waals surface area contributed by atoms with E-state index in [1.165, 1.54) is 4.68 Å². The predicted octanol–water partition coefficient (Wildman–Crippen LogP) is 1.64. The van der Waals surface area contributed by atoms with Crippen LogP contribution in [0.25, 0.3) is 17.0 Å². The molecule has 116 valence electrons. The number of nitrogens with one attached hydrogen (secondary N) is 1. The molecule has 0 unspecified atom stereocenters. The molecule has 0 fully saturated rings. The minimum atomic E-state index is -0.260. The van der Waals surface area contributed by atoms with Crippen LogP contribution in [0, 0.1) is 13.8 Å². The van der Waals surface area contributed by atoms with Crippen molar-refractivity contribution in [3.8, 4) is 5.95 Å². The number of ketones is 1. The van der Waals surface area contributed by atoms with Crippen LogP contribution in [0.5, 0.6) is 0 Å². The Morgan fingerprint density at radius 2 is 1.87 bits per heavy atom. The first-order valence-electron chi connectivity index (χ1n) is 7.53. The van der Waals surface area contributed by atoms with Crippen molar-refractivity contribution in [2.75, 3.05) is 0 Å². The quantitative estimate of drug-likeness (QED) is 0.737. The van der Waals surface area contributed by atoms with Gasteiger partial charge in [0.15, 0.2) is 11.4 Å². The summed E-state index contributed by atoms with van der Waals surface area (Å²) in [6.45, 7) is 3.70. The molecule has 7 nitrogen and oxygen atoms in total. The van der Waals surface area contributed by atoms with Gasteiger partial charge in [0.05, 0.1) is 5.39 Å². The van der Waals surface area contributed by atoms with E-state index in [1.54, 1.807) is 6.20 Å². The van der Waals surface area contributed by atoms with Crippen LogP contribution >= 0.6 is 0 Å². The second kappa shape index (κ2) is 4.84. The summed E-state index contributed by atoms with van der Waals surface area (Å²) >= 11 is 0. The number of fused-ring (bicyclic) bond motifs is 3. The average molecular weight is 309 g/mol. The van der Waals surface area contributed by atoms with Gasteiger partial charge in [0, 0.05) is 29.6 Å². The molecule has 0 spiro atoms. The monoisotopic (exact) mass is 309 g/mol. The molecule has 0 saturated carbocycles. The third kappa shape index (κ3) is 2.08. The first-order valence-corrected chi connectivity index (χ1v) is 7.53. The molecule has 0 atom stereocenters. The van der Waals surface area contributed by atoms with E-state index in [0.29, 0.717) is 35.4 Å². The van der Waals surface area contributed by atoms with Crippen molar-refractivity contribution in [1.82, 2.24) is 24.7 Å². The fraction of sp³-hybridized carbons (Fsp3) is 0.312. The van der Waals surface area contributed by atoms with Gasteiger partial charge < -0.3 is 0 Å². The van der Waals surface area contributed by atoms with Gasteiger partial charge in [0.1, 0.15) is 0 Å². The molecule has 7 heteroatoms. The minimum absolute atomic E-state index is 0.0513. The molecule has 4 rings (SSSR count). The smallest absolute Gasteiger partial charge is 0.283 e. The van der Waals surface area contributed by atoms with Crippen LogP contribution < -0.4 is 5.56 Å². The van der Waals surface area contributed by atoms with Gasteiger partial charge in [0.25, 0.3) is 11.5 Å². The third-order valence-electron chi connectivity index (χ3n) is 4.12. The Balaban J connectivity index is 2.02. The van der Waals surface area contributed by atoms with Gasteiger partial charge in [-0.25, -0.2) is 15.0 Å². The van der Waals surface area contributed by atoms with E-state index in [4.69, 9.17) is 0 Å². The maximum absolute atomic E-state index is 12.8. The SMILES string of the molecule is Cc1cc(C)nc(-n2[nH]c3ncc4c(c3c2=O)CCCC4=O)n1. The summed E-state index contributed by atoms with van der Waals surface area (Å²) in [5.41, 5.74) is 3.12. The van der Waals surface area contributed by atoms with Gasteiger partial charge in [-0.05, 0) is 38.3 Å². The van der Waals surface area contributed by atoms with E-state index in [0.717, 1.165) is 23.4 Å². The molecular weight excluding hydrogens is 294 g/mol. The van der Waals surface area contributed by atoms with E-state index in [1.807, 2.05) is 19.9 Å². The Morgan fingerprint density at radius 3 is 2.61 bits per heavy atom. The fourth-order valence-corrected chi connectivity index (χ4v) is 3.14. The van der Waals surface area contributed by atoms with Crippen molar-refractivity contribution >= 4 is 16.8 Å². The van der Waals surface area contributed by atoms with Crippen LogP contribution in [0.1, 0.15) is 40.2 Å². The van der Waals surface area contributed by atoms with Crippen LogP contribution in [0.4, 0.5) is 0 Å². The van der Waals surface area contributed by atoms with Gasteiger partial charge in [-0.3, -0.25) is 14.7 Å². The average Bonchev–Trinajstić information content (AvgIpc) is 2.84. The molecule has 0 aliphatic heterocycles. The fourth-order valence-electron chi connectivity index (χ4n) is 3.14. The highest BCUT2D eigenvalue weighted by atomic mass is 16.1. The lowest BCUT2D eigenvalue weighted by Crippen LogP contribution is -2.20. The molecular formula is C16H15N5O2. The number of aromatic amines is 1. The zero-order chi connectivity index (χ0) is 16.1. The van der Waals surface area contributed by atoms with Crippen molar-refractivity contribution in [2.24, 2.45) is 0 Å². The van der Waals surface area contributed by atoms with E-state index >= 15 is 0 Å². The number of carbonyl (C=O) groups is 1. The minimum Gasteiger partial charge on any atom is -0.294 e. The number of hydrogen-bond donors (Lipinski definition) is 1. The predicted molar refractivity (Wildman–Crippen MR) is 84.0 cm³/mol. The van der Waals surface area contributed by atoms with Crippen molar-refractivity contribution in [1.29, 1.82) is 0 Å². The standard InChI is InChI=1S/C16H15N5O2/c1-8-6-9(2)19-16(18-8)21-15(23)13-10-4-3-5-12(22)11(10)7-17-14(13)20-21/h6-7H,3-5H2,1-2H3,(H,17,20). The Kier molecular flexibility index (Phi) is 2.90. The lowest BCUT2D eigenvalue weighted by atomic mass is 9.90. The Morgan fingerprint density at radius 1 is 1.13 bits per heavy atom. The van der Waals surface area contributed by atoms with Crippen LogP contribution in [0.2, 0.25) is 0 Å². The molecule has 3 aromatic heterocycles.